The van der Waals surface area contributed by atoms with Crippen molar-refractivity contribution in [3.05, 3.63) is 12.5 Å². The van der Waals surface area contributed by atoms with Gasteiger partial charge in [-0.2, -0.15) is 5.10 Å². The molecule has 0 spiro atoms. The monoisotopic (exact) mass is 356 g/mol. The third-order valence-corrected chi connectivity index (χ3v) is 5.67. The molecule has 7 nitrogen and oxygen atoms in total. The van der Waals surface area contributed by atoms with Gasteiger partial charge in [-0.05, 0) is 25.7 Å². The van der Waals surface area contributed by atoms with Crippen LogP contribution < -0.4 is 10.2 Å². The maximum Gasteiger partial charge on any atom is 0.223 e. The molecule has 0 bridgehead atoms. The molecule has 1 saturated heterocycles. The predicted octanol–water partition coefficient (Wildman–Crippen LogP) is 2.51. The average molecular weight is 356 g/mol. The van der Waals surface area contributed by atoms with E-state index >= 15 is 0 Å². The number of hydrogen-bond donors (Lipinski definition) is 1. The zero-order valence-electron chi connectivity index (χ0n) is 15.4. The van der Waals surface area contributed by atoms with Crippen molar-refractivity contribution in [3.8, 4) is 0 Å². The van der Waals surface area contributed by atoms with E-state index < -0.39 is 0 Å². The van der Waals surface area contributed by atoms with Gasteiger partial charge in [-0.25, -0.2) is 14.6 Å². The number of fused-ring (bicyclic) bond motifs is 1. The van der Waals surface area contributed by atoms with Crippen molar-refractivity contribution in [1.29, 1.82) is 0 Å². The maximum atomic E-state index is 12.2. The molecule has 0 aromatic carbocycles. The van der Waals surface area contributed by atoms with Crippen molar-refractivity contribution in [2.24, 2.45) is 5.92 Å². The van der Waals surface area contributed by atoms with Gasteiger partial charge in [0.15, 0.2) is 5.65 Å². The molecule has 0 unspecified atom stereocenters. The Morgan fingerprint density at radius 2 is 1.85 bits per heavy atom. The number of nitrogens with one attached hydrogen (secondary N) is 1. The number of carbonyl (C=O) groups excluding carboxylic acids is 1. The Balaban J connectivity index is 1.43. The third-order valence-electron chi connectivity index (χ3n) is 5.67. The van der Waals surface area contributed by atoms with Gasteiger partial charge in [-0.3, -0.25) is 4.79 Å². The molecule has 1 aliphatic heterocycles. The molecule has 2 aromatic heterocycles. The summed E-state index contributed by atoms with van der Waals surface area (Å²) in [7, 11) is 0. The van der Waals surface area contributed by atoms with E-state index in [1.165, 1.54) is 38.5 Å². The lowest BCUT2D eigenvalue weighted by atomic mass is 10.1. The van der Waals surface area contributed by atoms with E-state index in [2.05, 4.69) is 25.3 Å². The fourth-order valence-electron chi connectivity index (χ4n) is 4.20. The molecule has 3 heterocycles. The van der Waals surface area contributed by atoms with Crippen LogP contribution in [0.4, 0.5) is 5.82 Å². The van der Waals surface area contributed by atoms with Gasteiger partial charge in [0, 0.05) is 25.6 Å². The summed E-state index contributed by atoms with van der Waals surface area (Å²) in [5.41, 5.74) is 0.856. The Morgan fingerprint density at radius 1 is 1.08 bits per heavy atom. The van der Waals surface area contributed by atoms with Crippen LogP contribution in [-0.4, -0.2) is 45.3 Å². The van der Waals surface area contributed by atoms with Gasteiger partial charge in [0.05, 0.1) is 18.1 Å². The number of aromatic nitrogens is 4. The normalized spacial score (nSPS) is 19.0. The molecule has 1 saturated carbocycles. The first-order valence-corrected chi connectivity index (χ1v) is 10.0. The Labute approximate surface area is 154 Å². The van der Waals surface area contributed by atoms with Crippen LogP contribution in [0.25, 0.3) is 11.0 Å². The SMILES string of the molecule is O=C(NCCn1ncc2c(N3CCCCCC3)ncnc21)C1CCCC1. The molecule has 1 aliphatic carbocycles. The van der Waals surface area contributed by atoms with Crippen molar-refractivity contribution in [2.75, 3.05) is 24.5 Å². The summed E-state index contributed by atoms with van der Waals surface area (Å²) in [5, 5.41) is 8.58. The van der Waals surface area contributed by atoms with Gasteiger partial charge in [0.25, 0.3) is 0 Å². The minimum atomic E-state index is 0.193. The molecule has 140 valence electrons. The Kier molecular flexibility index (Phi) is 5.32. The van der Waals surface area contributed by atoms with E-state index in [4.69, 9.17) is 0 Å². The third kappa shape index (κ3) is 3.66. The fourth-order valence-corrected chi connectivity index (χ4v) is 4.20. The smallest absolute Gasteiger partial charge is 0.223 e. The van der Waals surface area contributed by atoms with Crippen molar-refractivity contribution in [1.82, 2.24) is 25.1 Å². The molecule has 0 atom stereocenters. The van der Waals surface area contributed by atoms with Gasteiger partial charge in [0.1, 0.15) is 12.1 Å². The minimum Gasteiger partial charge on any atom is -0.356 e. The summed E-state index contributed by atoms with van der Waals surface area (Å²) in [5.74, 6) is 1.40. The number of nitrogens with zero attached hydrogens (tertiary/aromatic N) is 5. The summed E-state index contributed by atoms with van der Waals surface area (Å²) < 4.78 is 1.88. The summed E-state index contributed by atoms with van der Waals surface area (Å²) in [6.45, 7) is 3.33. The second kappa shape index (κ2) is 8.01. The van der Waals surface area contributed by atoms with Gasteiger partial charge in [-0.1, -0.05) is 25.7 Å². The fraction of sp³-hybridized carbons (Fsp3) is 0.684. The lowest BCUT2D eigenvalue weighted by molar-refractivity contribution is -0.124. The standard InChI is InChI=1S/C19H28N6O/c26-19(15-7-3-4-8-15)20-9-12-25-18-16(13-23-25)17(21-14-22-18)24-10-5-1-2-6-11-24/h13-15H,1-12H2,(H,20,26). The lowest BCUT2D eigenvalue weighted by Gasteiger charge is -2.21. The van der Waals surface area contributed by atoms with E-state index in [0.29, 0.717) is 13.1 Å². The number of hydrogen-bond acceptors (Lipinski definition) is 5. The molecule has 1 N–H and O–H groups in total. The van der Waals surface area contributed by atoms with Gasteiger partial charge < -0.3 is 10.2 Å². The molecular formula is C19H28N6O. The van der Waals surface area contributed by atoms with Crippen LogP contribution in [-0.2, 0) is 11.3 Å². The van der Waals surface area contributed by atoms with Crippen molar-refractivity contribution >= 4 is 22.8 Å². The topological polar surface area (TPSA) is 75.9 Å². The van der Waals surface area contributed by atoms with Crippen LogP contribution in [0.1, 0.15) is 51.4 Å². The highest BCUT2D eigenvalue weighted by atomic mass is 16.1. The van der Waals surface area contributed by atoms with E-state index in [1.54, 1.807) is 6.33 Å². The lowest BCUT2D eigenvalue weighted by Crippen LogP contribution is -2.32. The van der Waals surface area contributed by atoms with Crippen LogP contribution in [0.3, 0.4) is 0 Å². The average Bonchev–Trinajstić information content (AvgIpc) is 3.26. The molecule has 2 aromatic rings. The summed E-state index contributed by atoms with van der Waals surface area (Å²) >= 11 is 0. The Bertz CT molecular complexity index is 744. The zero-order valence-corrected chi connectivity index (χ0v) is 15.4. The molecule has 26 heavy (non-hydrogen) atoms. The number of carbonyl (C=O) groups is 1. The molecule has 4 rings (SSSR count). The highest BCUT2D eigenvalue weighted by molar-refractivity contribution is 5.86. The number of amides is 1. The first-order chi connectivity index (χ1) is 12.8. The van der Waals surface area contributed by atoms with Crippen molar-refractivity contribution in [2.45, 2.75) is 57.9 Å². The molecule has 0 radical (unpaired) electrons. The van der Waals surface area contributed by atoms with E-state index in [9.17, 15) is 4.79 Å². The van der Waals surface area contributed by atoms with E-state index in [-0.39, 0.29) is 11.8 Å². The van der Waals surface area contributed by atoms with Gasteiger partial charge >= 0.3 is 0 Å². The first-order valence-electron chi connectivity index (χ1n) is 10.0. The molecule has 7 heteroatoms. The minimum absolute atomic E-state index is 0.193. The Hall–Kier alpha value is -2.18. The van der Waals surface area contributed by atoms with Crippen LogP contribution in [0.2, 0.25) is 0 Å². The molecular weight excluding hydrogens is 328 g/mol. The van der Waals surface area contributed by atoms with E-state index in [1.807, 2.05) is 10.9 Å². The number of anilines is 1. The summed E-state index contributed by atoms with van der Waals surface area (Å²) in [4.78, 5) is 23.5. The highest BCUT2D eigenvalue weighted by Crippen LogP contribution is 2.26. The van der Waals surface area contributed by atoms with Crippen molar-refractivity contribution in [3.63, 3.8) is 0 Å². The predicted molar refractivity (Wildman–Crippen MR) is 101 cm³/mol. The largest absolute Gasteiger partial charge is 0.356 e. The van der Waals surface area contributed by atoms with E-state index in [0.717, 1.165) is 42.8 Å². The van der Waals surface area contributed by atoms with Crippen LogP contribution in [0.5, 0.6) is 0 Å². The van der Waals surface area contributed by atoms with Crippen LogP contribution >= 0.6 is 0 Å². The highest BCUT2D eigenvalue weighted by Gasteiger charge is 2.22. The zero-order chi connectivity index (χ0) is 17.8. The van der Waals surface area contributed by atoms with Crippen molar-refractivity contribution < 1.29 is 4.79 Å². The molecule has 2 aliphatic rings. The molecule has 1 amide bonds. The van der Waals surface area contributed by atoms with Crippen LogP contribution in [0, 0.1) is 5.92 Å². The summed E-state index contributed by atoms with van der Waals surface area (Å²) in [6.07, 6.45) is 12.9. The van der Waals surface area contributed by atoms with Gasteiger partial charge in [-0.15, -0.1) is 0 Å². The first kappa shape index (κ1) is 17.2. The van der Waals surface area contributed by atoms with Gasteiger partial charge in [0.2, 0.25) is 5.91 Å². The quantitative estimate of drug-likeness (QED) is 0.891. The summed E-state index contributed by atoms with van der Waals surface area (Å²) in [6, 6.07) is 0. The Morgan fingerprint density at radius 3 is 2.62 bits per heavy atom. The van der Waals surface area contributed by atoms with Crippen LogP contribution in [0.15, 0.2) is 12.5 Å². The second-order valence-electron chi connectivity index (χ2n) is 7.48. The second-order valence-corrected chi connectivity index (χ2v) is 7.48. The maximum absolute atomic E-state index is 12.2. The number of rotatable bonds is 5. The molecule has 2 fully saturated rings.